The van der Waals surface area contributed by atoms with Crippen LogP contribution in [0.3, 0.4) is 0 Å². The maximum Gasteiger partial charge on any atom is 0.341 e. The van der Waals surface area contributed by atoms with Gasteiger partial charge in [0.1, 0.15) is 10.6 Å². The van der Waals surface area contributed by atoms with Crippen LogP contribution in [0.5, 0.6) is 0 Å². The van der Waals surface area contributed by atoms with Crippen LogP contribution < -0.4 is 10.4 Å². The van der Waals surface area contributed by atoms with Gasteiger partial charge in [0.05, 0.1) is 6.61 Å². The van der Waals surface area contributed by atoms with Crippen LogP contribution in [-0.4, -0.2) is 24.5 Å². The van der Waals surface area contributed by atoms with Gasteiger partial charge in [-0.15, -0.1) is 11.3 Å². The molecule has 0 radical (unpaired) electrons. The number of carboxylic acids is 1. The summed E-state index contributed by atoms with van der Waals surface area (Å²) in [5.41, 5.74) is 4.10. The third-order valence-corrected chi connectivity index (χ3v) is 6.63. The van der Waals surface area contributed by atoms with Crippen LogP contribution in [0.15, 0.2) is 23.6 Å². The molecule has 2 unspecified atom stereocenters. The van der Waals surface area contributed by atoms with E-state index in [1.807, 2.05) is 37.4 Å². The zero-order valence-corrected chi connectivity index (χ0v) is 18.3. The van der Waals surface area contributed by atoms with Crippen molar-refractivity contribution < 1.29 is 24.2 Å². The van der Waals surface area contributed by atoms with Gasteiger partial charge in [-0.1, -0.05) is 31.0 Å². The quantitative estimate of drug-likeness (QED) is 0.708. The first-order chi connectivity index (χ1) is 14.3. The van der Waals surface area contributed by atoms with Crippen LogP contribution in [0.2, 0.25) is 0 Å². The molecule has 0 spiro atoms. The highest BCUT2D eigenvalue weighted by Gasteiger charge is 2.33. The van der Waals surface area contributed by atoms with E-state index in [0.717, 1.165) is 29.5 Å². The topological polar surface area (TPSA) is 95.5 Å². The monoisotopic (exact) mass is 428 g/mol. The minimum atomic E-state index is -1.19. The van der Waals surface area contributed by atoms with Gasteiger partial charge in [0, 0.05) is 28.7 Å². The predicted molar refractivity (Wildman–Crippen MR) is 114 cm³/mol. The number of hydrogen-bond donors (Lipinski definition) is 1. The molecule has 1 saturated carbocycles. The Bertz CT molecular complexity index is 964. The second-order valence-electron chi connectivity index (χ2n) is 7.68. The fourth-order valence-electron chi connectivity index (χ4n) is 3.91. The van der Waals surface area contributed by atoms with E-state index in [4.69, 9.17) is 4.74 Å². The van der Waals surface area contributed by atoms with Crippen LogP contribution in [-0.2, 0) is 14.3 Å². The van der Waals surface area contributed by atoms with E-state index >= 15 is 0 Å². The number of amides is 1. The Balaban J connectivity index is 1.95. The molecule has 1 aromatic heterocycles. The molecule has 7 heteroatoms. The molecule has 0 bridgehead atoms. The van der Waals surface area contributed by atoms with Crippen molar-refractivity contribution in [3.05, 3.63) is 40.3 Å². The second kappa shape index (κ2) is 9.43. The molecule has 1 amide bonds. The molecular weight excluding hydrogens is 402 g/mol. The summed E-state index contributed by atoms with van der Waals surface area (Å²) < 4.78 is 5.24. The molecule has 1 heterocycles. The number of carbonyl (C=O) groups excluding carboxylic acids is 3. The predicted octanol–water partition coefficient (Wildman–Crippen LogP) is 3.70. The van der Waals surface area contributed by atoms with E-state index in [-0.39, 0.29) is 12.5 Å². The zero-order chi connectivity index (χ0) is 21.8. The molecule has 6 nitrogen and oxygen atoms in total. The average Bonchev–Trinajstić information content (AvgIpc) is 3.13. The van der Waals surface area contributed by atoms with E-state index < -0.39 is 23.8 Å². The first-order valence-corrected chi connectivity index (χ1v) is 11.1. The summed E-state index contributed by atoms with van der Waals surface area (Å²) in [4.78, 5) is 37.1. The number of aliphatic carboxylic acids is 1. The van der Waals surface area contributed by atoms with Gasteiger partial charge in [-0.3, -0.25) is 4.79 Å². The summed E-state index contributed by atoms with van der Waals surface area (Å²) in [6.45, 7) is 5.96. The molecule has 1 fully saturated rings. The fourth-order valence-corrected chi connectivity index (χ4v) is 4.87. The van der Waals surface area contributed by atoms with Gasteiger partial charge < -0.3 is 20.0 Å². The first-order valence-electron chi connectivity index (χ1n) is 10.2. The lowest BCUT2D eigenvalue weighted by Gasteiger charge is -2.31. The number of benzene rings is 1. The molecular formula is C23H26NO5S-. The van der Waals surface area contributed by atoms with Crippen molar-refractivity contribution in [2.24, 2.45) is 11.8 Å². The number of esters is 1. The highest BCUT2D eigenvalue weighted by atomic mass is 32.1. The summed E-state index contributed by atoms with van der Waals surface area (Å²) in [6, 6.07) is 5.92. The van der Waals surface area contributed by atoms with Crippen molar-refractivity contribution in [3.63, 3.8) is 0 Å². The van der Waals surface area contributed by atoms with Gasteiger partial charge in [0.25, 0.3) is 0 Å². The standard InChI is InChI=1S/C23H27NO5S/c1-4-29-23(28)19-18(15-10-9-13(2)14(3)11-15)12-30-21(19)24-20(25)16-7-5-6-8-17(16)22(26)27/h9-12,16-17H,4-8H2,1-3H3,(H,24,25)(H,26,27)/p-1. The minimum absolute atomic E-state index is 0.212. The van der Waals surface area contributed by atoms with Crippen molar-refractivity contribution in [3.8, 4) is 11.1 Å². The van der Waals surface area contributed by atoms with Crippen molar-refractivity contribution in [2.75, 3.05) is 11.9 Å². The third-order valence-electron chi connectivity index (χ3n) is 5.73. The van der Waals surface area contributed by atoms with Crippen LogP contribution in [0.4, 0.5) is 5.00 Å². The lowest BCUT2D eigenvalue weighted by atomic mass is 9.79. The molecule has 160 valence electrons. The highest BCUT2D eigenvalue weighted by Crippen LogP contribution is 2.38. The summed E-state index contributed by atoms with van der Waals surface area (Å²) in [7, 11) is 0. The van der Waals surface area contributed by atoms with Crippen molar-refractivity contribution >= 4 is 34.2 Å². The normalized spacial score (nSPS) is 18.6. The van der Waals surface area contributed by atoms with Gasteiger partial charge in [-0.05, 0) is 50.3 Å². The van der Waals surface area contributed by atoms with Crippen LogP contribution in [0.25, 0.3) is 11.1 Å². The lowest BCUT2D eigenvalue weighted by molar-refractivity contribution is -0.313. The molecule has 0 saturated heterocycles. The molecule has 1 aliphatic carbocycles. The van der Waals surface area contributed by atoms with Gasteiger partial charge in [-0.2, -0.15) is 0 Å². The molecule has 1 aliphatic rings. The molecule has 3 rings (SSSR count). The Morgan fingerprint density at radius 2 is 1.83 bits per heavy atom. The van der Waals surface area contributed by atoms with Gasteiger partial charge >= 0.3 is 5.97 Å². The van der Waals surface area contributed by atoms with E-state index in [1.165, 1.54) is 11.3 Å². The molecule has 2 aromatic rings. The zero-order valence-electron chi connectivity index (χ0n) is 17.4. The number of ether oxygens (including phenoxy) is 1. The molecule has 1 N–H and O–H groups in total. The fraction of sp³-hybridized carbons (Fsp3) is 0.435. The number of aryl methyl sites for hydroxylation is 2. The Kier molecular flexibility index (Phi) is 6.92. The molecule has 1 aromatic carbocycles. The number of carbonyl (C=O) groups is 3. The van der Waals surface area contributed by atoms with Crippen molar-refractivity contribution in [1.29, 1.82) is 0 Å². The lowest BCUT2D eigenvalue weighted by Crippen LogP contribution is -2.42. The number of carboxylic acid groups (broad SMARTS) is 1. The van der Waals surface area contributed by atoms with Crippen molar-refractivity contribution in [1.82, 2.24) is 0 Å². The minimum Gasteiger partial charge on any atom is -0.550 e. The maximum atomic E-state index is 12.9. The van der Waals surface area contributed by atoms with Crippen LogP contribution in [0.1, 0.15) is 54.1 Å². The van der Waals surface area contributed by atoms with Gasteiger partial charge in [0.15, 0.2) is 0 Å². The Morgan fingerprint density at radius 3 is 2.47 bits per heavy atom. The Labute approximate surface area is 180 Å². The van der Waals surface area contributed by atoms with E-state index in [1.54, 1.807) is 6.92 Å². The largest absolute Gasteiger partial charge is 0.550 e. The summed E-state index contributed by atoms with van der Waals surface area (Å²) in [6.07, 6.45) is 2.50. The number of nitrogens with one attached hydrogen (secondary N) is 1. The van der Waals surface area contributed by atoms with E-state index in [9.17, 15) is 19.5 Å². The van der Waals surface area contributed by atoms with Crippen molar-refractivity contribution in [2.45, 2.75) is 46.5 Å². The smallest absolute Gasteiger partial charge is 0.341 e. The SMILES string of the molecule is CCOC(=O)c1c(-c2ccc(C)c(C)c2)csc1NC(=O)C1CCCCC1C(=O)[O-]. The summed E-state index contributed by atoms with van der Waals surface area (Å²) >= 11 is 1.24. The maximum absolute atomic E-state index is 12.9. The number of anilines is 1. The van der Waals surface area contributed by atoms with Crippen LogP contribution in [0, 0.1) is 25.7 Å². The molecule has 0 aliphatic heterocycles. The summed E-state index contributed by atoms with van der Waals surface area (Å²) in [5.74, 6) is -3.55. The van der Waals surface area contributed by atoms with E-state index in [2.05, 4.69) is 5.32 Å². The second-order valence-corrected chi connectivity index (χ2v) is 8.56. The van der Waals surface area contributed by atoms with Gasteiger partial charge in [-0.25, -0.2) is 4.79 Å². The van der Waals surface area contributed by atoms with E-state index in [0.29, 0.717) is 29.0 Å². The molecule has 30 heavy (non-hydrogen) atoms. The number of thiophene rings is 1. The number of hydrogen-bond acceptors (Lipinski definition) is 6. The van der Waals surface area contributed by atoms with Crippen LogP contribution >= 0.6 is 11.3 Å². The summed E-state index contributed by atoms with van der Waals surface area (Å²) in [5, 5.41) is 16.5. The average molecular weight is 429 g/mol. The Hall–Kier alpha value is -2.67. The number of rotatable bonds is 6. The first kappa shape index (κ1) is 22.0. The van der Waals surface area contributed by atoms with Gasteiger partial charge in [0.2, 0.25) is 5.91 Å². The molecule has 2 atom stereocenters. The Morgan fingerprint density at radius 1 is 1.13 bits per heavy atom. The third kappa shape index (κ3) is 4.56. The highest BCUT2D eigenvalue weighted by molar-refractivity contribution is 7.15.